The lowest BCUT2D eigenvalue weighted by Gasteiger charge is -2.29. The molecule has 5 heteroatoms. The molecule has 2 N–H and O–H groups in total. The molecule has 1 aromatic carbocycles. The number of carbonyl (C=O) groups excluding carboxylic acids is 1. The van der Waals surface area contributed by atoms with Gasteiger partial charge in [0.05, 0.1) is 24.3 Å². The number of phenols is 1. The first kappa shape index (κ1) is 13.7. The van der Waals surface area contributed by atoms with Crippen LogP contribution in [0.2, 0.25) is 0 Å². The average molecular weight is 265 g/mol. The van der Waals surface area contributed by atoms with Gasteiger partial charge in [0.2, 0.25) is 0 Å². The summed E-state index contributed by atoms with van der Waals surface area (Å²) in [5.74, 6) is -0.178. The number of hydrogen-bond acceptors (Lipinski definition) is 4. The Kier molecular flexibility index (Phi) is 3.66. The molecule has 1 saturated heterocycles. The van der Waals surface area contributed by atoms with Crippen LogP contribution >= 0.6 is 0 Å². The molecule has 0 bridgehead atoms. The number of methoxy groups -OCH3 is 1. The monoisotopic (exact) mass is 265 g/mol. The fraction of sp³-hybridized carbons (Fsp3) is 0.500. The molecule has 2 atom stereocenters. The number of para-hydroxylation sites is 1. The Hall–Kier alpha value is -1.75. The van der Waals surface area contributed by atoms with Crippen LogP contribution in [0.25, 0.3) is 0 Å². The van der Waals surface area contributed by atoms with E-state index in [2.05, 4.69) is 5.32 Å². The first-order chi connectivity index (χ1) is 8.98. The zero-order chi connectivity index (χ0) is 14.0. The number of phenolic OH excluding ortho intramolecular Hbond substituents is 1. The highest BCUT2D eigenvalue weighted by atomic mass is 16.5. The second-order valence-corrected chi connectivity index (χ2v) is 4.99. The van der Waals surface area contributed by atoms with Crippen LogP contribution in [0.4, 0.5) is 0 Å². The van der Waals surface area contributed by atoms with Gasteiger partial charge in [-0.1, -0.05) is 6.07 Å². The first-order valence-corrected chi connectivity index (χ1v) is 6.28. The number of carbonyl (C=O) groups is 1. The highest BCUT2D eigenvalue weighted by Crippen LogP contribution is 2.31. The summed E-state index contributed by atoms with van der Waals surface area (Å²) in [4.78, 5) is 12.3. The minimum atomic E-state index is -0.410. The predicted molar refractivity (Wildman–Crippen MR) is 70.6 cm³/mol. The quantitative estimate of drug-likeness (QED) is 0.873. The second-order valence-electron chi connectivity index (χ2n) is 4.99. The summed E-state index contributed by atoms with van der Waals surface area (Å²) in [5, 5.41) is 12.9. The molecule has 19 heavy (non-hydrogen) atoms. The molecule has 1 aliphatic rings. The number of amides is 1. The number of ether oxygens (including phenoxy) is 2. The molecule has 5 nitrogen and oxygen atoms in total. The molecule has 1 amide bonds. The van der Waals surface area contributed by atoms with E-state index in [-0.39, 0.29) is 29.1 Å². The molecule has 1 fully saturated rings. The van der Waals surface area contributed by atoms with Crippen molar-refractivity contribution in [2.45, 2.75) is 31.9 Å². The van der Waals surface area contributed by atoms with Crippen LogP contribution in [0, 0.1) is 0 Å². The SMILES string of the molecule is COc1cccc(C(=O)NC2(C)CCOC2C)c1O. The molecule has 0 aromatic heterocycles. The molecule has 2 unspecified atom stereocenters. The van der Waals surface area contributed by atoms with Gasteiger partial charge in [0.15, 0.2) is 11.5 Å². The van der Waals surface area contributed by atoms with E-state index in [1.165, 1.54) is 7.11 Å². The van der Waals surface area contributed by atoms with Crippen molar-refractivity contribution < 1.29 is 19.4 Å². The molecule has 2 rings (SSSR count). The molecule has 0 saturated carbocycles. The van der Waals surface area contributed by atoms with Crippen LogP contribution in [-0.2, 0) is 4.74 Å². The van der Waals surface area contributed by atoms with E-state index in [0.717, 1.165) is 6.42 Å². The van der Waals surface area contributed by atoms with Crippen molar-refractivity contribution >= 4 is 5.91 Å². The summed E-state index contributed by atoms with van der Waals surface area (Å²) >= 11 is 0. The molecule has 1 heterocycles. The fourth-order valence-corrected chi connectivity index (χ4v) is 2.20. The van der Waals surface area contributed by atoms with Crippen molar-refractivity contribution in [3.8, 4) is 11.5 Å². The smallest absolute Gasteiger partial charge is 0.255 e. The van der Waals surface area contributed by atoms with Crippen LogP contribution in [0.15, 0.2) is 18.2 Å². The van der Waals surface area contributed by atoms with E-state index in [0.29, 0.717) is 6.61 Å². The van der Waals surface area contributed by atoms with Crippen LogP contribution < -0.4 is 10.1 Å². The van der Waals surface area contributed by atoms with Crippen molar-refractivity contribution in [3.05, 3.63) is 23.8 Å². The highest BCUT2D eigenvalue weighted by molar-refractivity contribution is 5.98. The number of nitrogens with one attached hydrogen (secondary N) is 1. The van der Waals surface area contributed by atoms with Crippen LogP contribution in [0.3, 0.4) is 0 Å². The fourth-order valence-electron chi connectivity index (χ4n) is 2.20. The standard InChI is InChI=1S/C14H19NO4/c1-9-14(2,7-8-19-9)15-13(17)10-5-4-6-11(18-3)12(10)16/h4-6,9,16H,7-8H2,1-3H3,(H,15,17). The molecule has 0 spiro atoms. The Morgan fingerprint density at radius 2 is 2.32 bits per heavy atom. The van der Waals surface area contributed by atoms with Crippen LogP contribution in [0.1, 0.15) is 30.6 Å². The third kappa shape index (κ3) is 2.51. The Labute approximate surface area is 112 Å². The maximum Gasteiger partial charge on any atom is 0.255 e. The van der Waals surface area contributed by atoms with Crippen molar-refractivity contribution in [1.82, 2.24) is 5.32 Å². The molecular formula is C14H19NO4. The van der Waals surface area contributed by atoms with E-state index < -0.39 is 5.54 Å². The number of aromatic hydroxyl groups is 1. The summed E-state index contributed by atoms with van der Waals surface area (Å²) in [6.45, 7) is 4.50. The van der Waals surface area contributed by atoms with Gasteiger partial charge in [0, 0.05) is 6.61 Å². The Morgan fingerprint density at radius 3 is 2.89 bits per heavy atom. The van der Waals surface area contributed by atoms with E-state index in [4.69, 9.17) is 9.47 Å². The van der Waals surface area contributed by atoms with Gasteiger partial charge in [0.1, 0.15) is 0 Å². The largest absolute Gasteiger partial charge is 0.504 e. The Balaban J connectivity index is 2.21. The first-order valence-electron chi connectivity index (χ1n) is 6.28. The summed E-state index contributed by atoms with van der Waals surface area (Å²) in [6, 6.07) is 4.84. The topological polar surface area (TPSA) is 67.8 Å². The summed E-state index contributed by atoms with van der Waals surface area (Å²) in [5.41, 5.74) is -0.202. The van der Waals surface area contributed by atoms with Gasteiger partial charge in [-0.25, -0.2) is 0 Å². The van der Waals surface area contributed by atoms with Crippen molar-refractivity contribution in [3.63, 3.8) is 0 Å². The minimum absolute atomic E-state index is 0.0517. The lowest BCUT2D eigenvalue weighted by Crippen LogP contribution is -2.50. The third-order valence-corrected chi connectivity index (χ3v) is 3.75. The molecule has 0 aliphatic carbocycles. The van der Waals surface area contributed by atoms with Gasteiger partial charge >= 0.3 is 0 Å². The summed E-state index contributed by atoms with van der Waals surface area (Å²) in [7, 11) is 1.45. The van der Waals surface area contributed by atoms with Crippen molar-refractivity contribution in [1.29, 1.82) is 0 Å². The zero-order valence-electron chi connectivity index (χ0n) is 11.4. The molecule has 0 radical (unpaired) electrons. The van der Waals surface area contributed by atoms with Gasteiger partial charge in [-0.3, -0.25) is 4.79 Å². The number of hydrogen-bond donors (Lipinski definition) is 2. The summed E-state index contributed by atoms with van der Waals surface area (Å²) in [6.07, 6.45) is 0.703. The van der Waals surface area contributed by atoms with Crippen molar-refractivity contribution in [2.24, 2.45) is 0 Å². The molecule has 1 aromatic rings. The Bertz CT molecular complexity index is 488. The lowest BCUT2D eigenvalue weighted by molar-refractivity contribution is 0.0725. The lowest BCUT2D eigenvalue weighted by atomic mass is 9.94. The number of benzene rings is 1. The van der Waals surface area contributed by atoms with Gasteiger partial charge in [-0.05, 0) is 32.4 Å². The summed E-state index contributed by atoms with van der Waals surface area (Å²) < 4.78 is 10.5. The van der Waals surface area contributed by atoms with Gasteiger partial charge < -0.3 is 19.9 Å². The maximum absolute atomic E-state index is 12.3. The normalized spacial score (nSPS) is 26.2. The average Bonchev–Trinajstić information content (AvgIpc) is 2.69. The third-order valence-electron chi connectivity index (χ3n) is 3.75. The minimum Gasteiger partial charge on any atom is -0.504 e. The van der Waals surface area contributed by atoms with E-state index >= 15 is 0 Å². The van der Waals surface area contributed by atoms with Crippen LogP contribution in [-0.4, -0.2) is 36.4 Å². The maximum atomic E-state index is 12.3. The predicted octanol–water partition coefficient (Wildman–Crippen LogP) is 1.70. The molecule has 104 valence electrons. The van der Waals surface area contributed by atoms with Crippen molar-refractivity contribution in [2.75, 3.05) is 13.7 Å². The second kappa shape index (κ2) is 5.09. The molecular weight excluding hydrogens is 246 g/mol. The van der Waals surface area contributed by atoms with Gasteiger partial charge in [0.25, 0.3) is 5.91 Å². The van der Waals surface area contributed by atoms with Gasteiger partial charge in [-0.2, -0.15) is 0 Å². The Morgan fingerprint density at radius 1 is 1.58 bits per heavy atom. The van der Waals surface area contributed by atoms with E-state index in [1.54, 1.807) is 18.2 Å². The van der Waals surface area contributed by atoms with Gasteiger partial charge in [-0.15, -0.1) is 0 Å². The van der Waals surface area contributed by atoms with Crippen LogP contribution in [0.5, 0.6) is 11.5 Å². The van der Waals surface area contributed by atoms with E-state index in [9.17, 15) is 9.90 Å². The van der Waals surface area contributed by atoms with E-state index in [1.807, 2.05) is 13.8 Å². The molecule has 1 aliphatic heterocycles. The zero-order valence-corrected chi connectivity index (χ0v) is 11.4. The highest BCUT2D eigenvalue weighted by Gasteiger charge is 2.38. The number of rotatable bonds is 3.